The summed E-state index contributed by atoms with van der Waals surface area (Å²) >= 11 is 3.51. The number of nitrogens with zero attached hydrogens (tertiary/aromatic N) is 2. The van der Waals surface area contributed by atoms with Gasteiger partial charge < -0.3 is 4.74 Å². The molecule has 0 unspecified atom stereocenters. The zero-order valence-corrected chi connectivity index (χ0v) is 10.5. The average molecular weight is 281 g/mol. The molecule has 1 aromatic carbocycles. The van der Waals surface area contributed by atoms with Crippen molar-refractivity contribution in [2.45, 2.75) is 18.9 Å². The van der Waals surface area contributed by atoms with Crippen molar-refractivity contribution < 1.29 is 4.74 Å². The van der Waals surface area contributed by atoms with Gasteiger partial charge in [-0.25, -0.2) is 0 Å². The molecule has 1 aliphatic heterocycles. The van der Waals surface area contributed by atoms with Crippen LogP contribution in [0.5, 0.6) is 0 Å². The van der Waals surface area contributed by atoms with Gasteiger partial charge in [-0.05, 0) is 25.0 Å². The smallest absolute Gasteiger partial charge is 0.0696 e. The summed E-state index contributed by atoms with van der Waals surface area (Å²) in [5.74, 6) is 0. The number of aromatic nitrogens is 2. The van der Waals surface area contributed by atoms with Crippen LogP contribution in [0.15, 0.2) is 28.9 Å². The summed E-state index contributed by atoms with van der Waals surface area (Å²) in [6.07, 6.45) is 4.06. The van der Waals surface area contributed by atoms with Crippen LogP contribution in [0.1, 0.15) is 18.9 Å². The van der Waals surface area contributed by atoms with Crippen LogP contribution in [-0.2, 0) is 4.74 Å². The molecule has 0 saturated carbocycles. The Morgan fingerprint density at radius 1 is 1.31 bits per heavy atom. The topological polar surface area (TPSA) is 27.1 Å². The maximum atomic E-state index is 5.38. The fourth-order valence-electron chi connectivity index (χ4n) is 2.23. The van der Waals surface area contributed by atoms with Gasteiger partial charge >= 0.3 is 0 Å². The van der Waals surface area contributed by atoms with Crippen molar-refractivity contribution in [2.24, 2.45) is 0 Å². The van der Waals surface area contributed by atoms with Gasteiger partial charge in [-0.2, -0.15) is 5.10 Å². The van der Waals surface area contributed by atoms with Gasteiger partial charge in [0.15, 0.2) is 0 Å². The molecule has 0 aliphatic carbocycles. The van der Waals surface area contributed by atoms with Crippen LogP contribution < -0.4 is 0 Å². The Balaban J connectivity index is 2.05. The van der Waals surface area contributed by atoms with Gasteiger partial charge in [-0.3, -0.25) is 4.68 Å². The molecule has 16 heavy (non-hydrogen) atoms. The predicted molar refractivity (Wildman–Crippen MR) is 66.5 cm³/mol. The largest absolute Gasteiger partial charge is 0.381 e. The minimum Gasteiger partial charge on any atom is -0.381 e. The lowest BCUT2D eigenvalue weighted by atomic mass is 10.1. The molecule has 0 bridgehead atoms. The molecule has 0 radical (unpaired) electrons. The third-order valence-electron chi connectivity index (χ3n) is 3.10. The lowest BCUT2D eigenvalue weighted by Gasteiger charge is -2.23. The van der Waals surface area contributed by atoms with E-state index in [1.807, 2.05) is 6.20 Å². The minimum atomic E-state index is 0.487. The molecular formula is C12H13BrN2O. The number of fused-ring (bicyclic) bond motifs is 1. The van der Waals surface area contributed by atoms with Crippen molar-refractivity contribution in [1.29, 1.82) is 0 Å². The van der Waals surface area contributed by atoms with Crippen LogP contribution in [0.3, 0.4) is 0 Å². The molecule has 2 aromatic rings. The van der Waals surface area contributed by atoms with E-state index in [-0.39, 0.29) is 0 Å². The highest BCUT2D eigenvalue weighted by molar-refractivity contribution is 9.10. The van der Waals surface area contributed by atoms with E-state index < -0.39 is 0 Å². The SMILES string of the molecule is Brc1ccc2cnn(C3CCOCC3)c2c1. The number of ether oxygens (including phenoxy) is 1. The van der Waals surface area contributed by atoms with Crippen LogP contribution in [0.4, 0.5) is 0 Å². The van der Waals surface area contributed by atoms with E-state index >= 15 is 0 Å². The predicted octanol–water partition coefficient (Wildman–Crippen LogP) is 3.15. The maximum Gasteiger partial charge on any atom is 0.0696 e. The molecule has 0 atom stereocenters. The van der Waals surface area contributed by atoms with Gasteiger partial charge in [0, 0.05) is 23.1 Å². The highest BCUT2D eigenvalue weighted by atomic mass is 79.9. The summed E-state index contributed by atoms with van der Waals surface area (Å²) in [6, 6.07) is 6.78. The second kappa shape index (κ2) is 4.18. The highest BCUT2D eigenvalue weighted by Gasteiger charge is 2.18. The van der Waals surface area contributed by atoms with E-state index in [9.17, 15) is 0 Å². The van der Waals surface area contributed by atoms with Crippen molar-refractivity contribution in [3.05, 3.63) is 28.9 Å². The summed E-state index contributed by atoms with van der Waals surface area (Å²) in [4.78, 5) is 0. The molecule has 0 N–H and O–H groups in total. The Kier molecular flexibility index (Phi) is 2.69. The molecule has 0 spiro atoms. The standard InChI is InChI=1S/C12H13BrN2O/c13-10-2-1-9-8-14-15(12(9)7-10)11-3-5-16-6-4-11/h1-2,7-8,11H,3-6H2. The first-order chi connectivity index (χ1) is 7.84. The normalized spacial score (nSPS) is 18.1. The second-order valence-electron chi connectivity index (χ2n) is 4.14. The monoisotopic (exact) mass is 280 g/mol. The van der Waals surface area contributed by atoms with Gasteiger partial charge in [0.1, 0.15) is 0 Å². The zero-order valence-electron chi connectivity index (χ0n) is 8.90. The summed E-state index contributed by atoms with van der Waals surface area (Å²) in [5, 5.41) is 5.70. The lowest BCUT2D eigenvalue weighted by molar-refractivity contribution is 0.0675. The third-order valence-corrected chi connectivity index (χ3v) is 3.59. The van der Waals surface area contributed by atoms with Gasteiger partial charge in [-0.1, -0.05) is 22.0 Å². The highest BCUT2D eigenvalue weighted by Crippen LogP contribution is 2.26. The number of hydrogen-bond acceptors (Lipinski definition) is 2. The number of hydrogen-bond donors (Lipinski definition) is 0. The molecule has 1 saturated heterocycles. The summed E-state index contributed by atoms with van der Waals surface area (Å²) in [6.45, 7) is 1.69. The van der Waals surface area contributed by atoms with E-state index in [0.717, 1.165) is 30.5 Å². The van der Waals surface area contributed by atoms with Crippen molar-refractivity contribution in [3.63, 3.8) is 0 Å². The molecule has 4 heteroatoms. The Morgan fingerprint density at radius 3 is 2.94 bits per heavy atom. The first-order valence-corrected chi connectivity index (χ1v) is 6.34. The fraction of sp³-hybridized carbons (Fsp3) is 0.417. The van der Waals surface area contributed by atoms with Crippen molar-refractivity contribution >= 4 is 26.8 Å². The van der Waals surface area contributed by atoms with Gasteiger partial charge in [0.25, 0.3) is 0 Å². The summed E-state index contributed by atoms with van der Waals surface area (Å²) in [7, 11) is 0. The molecule has 3 nitrogen and oxygen atoms in total. The van der Waals surface area contributed by atoms with Crippen LogP contribution >= 0.6 is 15.9 Å². The lowest BCUT2D eigenvalue weighted by Crippen LogP contribution is -2.20. The third kappa shape index (κ3) is 1.76. The van der Waals surface area contributed by atoms with E-state index in [1.54, 1.807) is 0 Å². The molecule has 1 fully saturated rings. The van der Waals surface area contributed by atoms with Crippen molar-refractivity contribution in [3.8, 4) is 0 Å². The van der Waals surface area contributed by atoms with E-state index in [2.05, 4.69) is 43.9 Å². The van der Waals surface area contributed by atoms with Crippen LogP contribution in [0.25, 0.3) is 10.9 Å². The molecule has 3 rings (SSSR count). The fourth-order valence-corrected chi connectivity index (χ4v) is 2.58. The molecule has 0 amide bonds. The summed E-state index contributed by atoms with van der Waals surface area (Å²) < 4.78 is 8.63. The van der Waals surface area contributed by atoms with Crippen LogP contribution in [0, 0.1) is 0 Å². The molecule has 1 aromatic heterocycles. The van der Waals surface area contributed by atoms with Crippen LogP contribution in [0.2, 0.25) is 0 Å². The number of halogens is 1. The molecule has 1 aliphatic rings. The number of benzene rings is 1. The Labute approximate surface area is 103 Å². The van der Waals surface area contributed by atoms with Crippen molar-refractivity contribution in [1.82, 2.24) is 9.78 Å². The molecular weight excluding hydrogens is 268 g/mol. The first-order valence-electron chi connectivity index (χ1n) is 5.55. The Hall–Kier alpha value is -0.870. The van der Waals surface area contributed by atoms with E-state index in [4.69, 9.17) is 4.74 Å². The molecule has 84 valence electrons. The van der Waals surface area contributed by atoms with Crippen LogP contribution in [-0.4, -0.2) is 23.0 Å². The van der Waals surface area contributed by atoms with Gasteiger partial charge in [0.05, 0.1) is 17.8 Å². The number of rotatable bonds is 1. The van der Waals surface area contributed by atoms with Crippen molar-refractivity contribution in [2.75, 3.05) is 13.2 Å². The minimum absolute atomic E-state index is 0.487. The zero-order chi connectivity index (χ0) is 11.0. The molecule has 2 heterocycles. The Bertz CT molecular complexity index is 503. The second-order valence-corrected chi connectivity index (χ2v) is 5.05. The van der Waals surface area contributed by atoms with Gasteiger partial charge in [0.2, 0.25) is 0 Å². The van der Waals surface area contributed by atoms with E-state index in [0.29, 0.717) is 6.04 Å². The quantitative estimate of drug-likeness (QED) is 0.803. The van der Waals surface area contributed by atoms with Gasteiger partial charge in [-0.15, -0.1) is 0 Å². The Morgan fingerprint density at radius 2 is 2.12 bits per heavy atom. The van der Waals surface area contributed by atoms with E-state index in [1.165, 1.54) is 10.9 Å². The summed E-state index contributed by atoms with van der Waals surface area (Å²) in [5.41, 5.74) is 1.21. The first kappa shape index (κ1) is 10.3. The maximum absolute atomic E-state index is 5.38. The average Bonchev–Trinajstić information content (AvgIpc) is 2.73.